The van der Waals surface area contributed by atoms with Gasteiger partial charge in [0.05, 0.1) is 11.8 Å². The summed E-state index contributed by atoms with van der Waals surface area (Å²) < 4.78 is 26.0. The molecule has 2 aromatic rings. The Morgan fingerprint density at radius 2 is 1.90 bits per heavy atom. The first kappa shape index (κ1) is 13.9. The summed E-state index contributed by atoms with van der Waals surface area (Å²) in [6.45, 7) is 2.39. The average molecular weight is 277 g/mol. The quantitative estimate of drug-likeness (QED) is 0.903. The number of rotatable bonds is 4. The molecule has 0 aliphatic heterocycles. The average Bonchev–Trinajstić information content (AvgIpc) is 2.43. The number of amides is 1. The standard InChI is InChI=1S/C14H13F2N3O/c1-2-17-13-12(7-10(16)8-18-13)14(20)19-11-5-3-9(15)4-6-11/h3-8H,2H2,1H3,(H,17,18)(H,19,20). The summed E-state index contributed by atoms with van der Waals surface area (Å²) in [5.41, 5.74) is 0.513. The number of nitrogens with zero attached hydrogens (tertiary/aromatic N) is 1. The molecule has 0 radical (unpaired) electrons. The van der Waals surface area contributed by atoms with Gasteiger partial charge in [-0.15, -0.1) is 0 Å². The molecule has 1 aromatic carbocycles. The van der Waals surface area contributed by atoms with Gasteiger partial charge in [0.15, 0.2) is 0 Å². The number of hydrogen-bond acceptors (Lipinski definition) is 3. The second kappa shape index (κ2) is 6.10. The minimum atomic E-state index is -0.601. The molecule has 0 aliphatic rings. The molecule has 0 fully saturated rings. The van der Waals surface area contributed by atoms with Gasteiger partial charge < -0.3 is 10.6 Å². The van der Waals surface area contributed by atoms with Gasteiger partial charge >= 0.3 is 0 Å². The number of halogens is 2. The molecular weight excluding hydrogens is 264 g/mol. The summed E-state index contributed by atoms with van der Waals surface area (Å²) in [5, 5.41) is 5.44. The first-order chi connectivity index (χ1) is 9.60. The first-order valence-electron chi connectivity index (χ1n) is 6.06. The molecule has 0 unspecified atom stereocenters. The number of anilines is 2. The summed E-state index contributed by atoms with van der Waals surface area (Å²) in [6.07, 6.45) is 1.03. The molecule has 4 nitrogen and oxygen atoms in total. The van der Waals surface area contributed by atoms with Gasteiger partial charge in [-0.25, -0.2) is 13.8 Å². The van der Waals surface area contributed by atoms with E-state index in [1.165, 1.54) is 24.3 Å². The highest BCUT2D eigenvalue weighted by Gasteiger charge is 2.14. The Kier molecular flexibility index (Phi) is 4.24. The lowest BCUT2D eigenvalue weighted by Crippen LogP contribution is -2.16. The molecule has 104 valence electrons. The number of hydrogen-bond donors (Lipinski definition) is 2. The minimum absolute atomic E-state index is 0.0937. The summed E-state index contributed by atoms with van der Waals surface area (Å²) in [6, 6.07) is 6.40. The molecular formula is C14H13F2N3O. The van der Waals surface area contributed by atoms with Crippen molar-refractivity contribution in [2.75, 3.05) is 17.2 Å². The van der Waals surface area contributed by atoms with E-state index < -0.39 is 17.5 Å². The van der Waals surface area contributed by atoms with Crippen molar-refractivity contribution in [1.82, 2.24) is 4.98 Å². The Morgan fingerprint density at radius 3 is 2.55 bits per heavy atom. The van der Waals surface area contributed by atoms with Crippen molar-refractivity contribution >= 4 is 17.4 Å². The van der Waals surface area contributed by atoms with Crippen LogP contribution in [0.25, 0.3) is 0 Å². The van der Waals surface area contributed by atoms with Gasteiger partial charge in [-0.1, -0.05) is 0 Å². The van der Waals surface area contributed by atoms with Crippen LogP contribution in [0.15, 0.2) is 36.5 Å². The van der Waals surface area contributed by atoms with Gasteiger partial charge in [-0.2, -0.15) is 0 Å². The van der Waals surface area contributed by atoms with Crippen molar-refractivity contribution in [1.29, 1.82) is 0 Å². The molecule has 0 bridgehead atoms. The van der Waals surface area contributed by atoms with Gasteiger partial charge in [0.25, 0.3) is 5.91 Å². The maximum Gasteiger partial charge on any atom is 0.259 e. The molecule has 0 atom stereocenters. The summed E-state index contributed by atoms with van der Waals surface area (Å²) >= 11 is 0. The zero-order chi connectivity index (χ0) is 14.5. The first-order valence-corrected chi connectivity index (χ1v) is 6.06. The molecule has 0 saturated carbocycles. The topological polar surface area (TPSA) is 54.0 Å². The molecule has 0 aliphatic carbocycles. The van der Waals surface area contributed by atoms with Crippen molar-refractivity contribution in [3.8, 4) is 0 Å². The molecule has 1 amide bonds. The number of carbonyl (C=O) groups is 1. The Hall–Kier alpha value is -2.50. The number of nitrogens with one attached hydrogen (secondary N) is 2. The van der Waals surface area contributed by atoms with Crippen molar-refractivity contribution < 1.29 is 13.6 Å². The zero-order valence-electron chi connectivity index (χ0n) is 10.8. The molecule has 2 N–H and O–H groups in total. The molecule has 20 heavy (non-hydrogen) atoms. The fourth-order valence-electron chi connectivity index (χ4n) is 1.65. The van der Waals surface area contributed by atoms with Crippen LogP contribution >= 0.6 is 0 Å². The second-order valence-corrected chi connectivity index (χ2v) is 4.04. The van der Waals surface area contributed by atoms with E-state index in [1.807, 2.05) is 6.92 Å². The zero-order valence-corrected chi connectivity index (χ0v) is 10.8. The summed E-state index contributed by atoms with van der Waals surface area (Å²) in [7, 11) is 0. The predicted octanol–water partition coefficient (Wildman–Crippen LogP) is 3.04. The van der Waals surface area contributed by atoms with Crippen molar-refractivity contribution in [2.24, 2.45) is 0 Å². The largest absolute Gasteiger partial charge is 0.370 e. The van der Waals surface area contributed by atoms with Crippen LogP contribution in [-0.2, 0) is 0 Å². The number of carbonyl (C=O) groups excluding carboxylic acids is 1. The fourth-order valence-corrected chi connectivity index (χ4v) is 1.65. The van der Waals surface area contributed by atoms with Gasteiger partial charge in [0.1, 0.15) is 17.5 Å². The van der Waals surface area contributed by atoms with E-state index in [1.54, 1.807) is 0 Å². The van der Waals surface area contributed by atoms with Crippen molar-refractivity contribution in [3.05, 3.63) is 53.7 Å². The lowest BCUT2D eigenvalue weighted by molar-refractivity contribution is 0.102. The normalized spacial score (nSPS) is 10.2. The van der Waals surface area contributed by atoms with Crippen LogP contribution in [0.1, 0.15) is 17.3 Å². The van der Waals surface area contributed by atoms with E-state index in [2.05, 4.69) is 15.6 Å². The predicted molar refractivity (Wildman–Crippen MR) is 72.7 cm³/mol. The van der Waals surface area contributed by atoms with Crippen LogP contribution in [-0.4, -0.2) is 17.4 Å². The summed E-state index contributed by atoms with van der Waals surface area (Å²) in [5.74, 6) is -1.22. The number of pyridine rings is 1. The third-order valence-corrected chi connectivity index (χ3v) is 2.55. The minimum Gasteiger partial charge on any atom is -0.370 e. The highest BCUT2D eigenvalue weighted by Crippen LogP contribution is 2.16. The lowest BCUT2D eigenvalue weighted by Gasteiger charge is -2.10. The molecule has 6 heteroatoms. The Morgan fingerprint density at radius 1 is 1.20 bits per heavy atom. The second-order valence-electron chi connectivity index (χ2n) is 4.04. The van der Waals surface area contributed by atoms with E-state index in [0.29, 0.717) is 18.1 Å². The van der Waals surface area contributed by atoms with Gasteiger partial charge in [-0.3, -0.25) is 4.79 Å². The Balaban J connectivity index is 2.23. The van der Waals surface area contributed by atoms with Gasteiger partial charge in [-0.05, 0) is 37.3 Å². The Labute approximate surface area is 114 Å². The number of aromatic nitrogens is 1. The smallest absolute Gasteiger partial charge is 0.259 e. The van der Waals surface area contributed by atoms with Crippen LogP contribution in [0.3, 0.4) is 0 Å². The molecule has 1 heterocycles. The number of benzene rings is 1. The third-order valence-electron chi connectivity index (χ3n) is 2.55. The van der Waals surface area contributed by atoms with Crippen molar-refractivity contribution in [2.45, 2.75) is 6.92 Å². The molecule has 0 saturated heterocycles. The third kappa shape index (κ3) is 3.28. The van der Waals surface area contributed by atoms with Crippen LogP contribution in [0.4, 0.5) is 20.3 Å². The molecule has 2 rings (SSSR count). The van der Waals surface area contributed by atoms with E-state index in [4.69, 9.17) is 0 Å². The molecule has 0 spiro atoms. The Bertz CT molecular complexity index is 614. The summed E-state index contributed by atoms with van der Waals surface area (Å²) in [4.78, 5) is 15.9. The highest BCUT2D eigenvalue weighted by atomic mass is 19.1. The van der Waals surface area contributed by atoms with Crippen LogP contribution < -0.4 is 10.6 Å². The van der Waals surface area contributed by atoms with E-state index >= 15 is 0 Å². The maximum absolute atomic E-state index is 13.2. The van der Waals surface area contributed by atoms with Gasteiger partial charge in [0.2, 0.25) is 0 Å². The van der Waals surface area contributed by atoms with Crippen LogP contribution in [0.2, 0.25) is 0 Å². The van der Waals surface area contributed by atoms with Gasteiger partial charge in [0, 0.05) is 12.2 Å². The molecule has 1 aromatic heterocycles. The van der Waals surface area contributed by atoms with E-state index in [9.17, 15) is 13.6 Å². The van der Waals surface area contributed by atoms with Crippen LogP contribution in [0.5, 0.6) is 0 Å². The van der Waals surface area contributed by atoms with Crippen molar-refractivity contribution in [3.63, 3.8) is 0 Å². The van der Waals surface area contributed by atoms with E-state index in [-0.39, 0.29) is 5.56 Å². The highest BCUT2D eigenvalue weighted by molar-refractivity contribution is 6.07. The van der Waals surface area contributed by atoms with Crippen LogP contribution in [0, 0.1) is 11.6 Å². The fraction of sp³-hybridized carbons (Fsp3) is 0.143. The maximum atomic E-state index is 13.2. The SMILES string of the molecule is CCNc1ncc(F)cc1C(=O)Nc1ccc(F)cc1. The monoisotopic (exact) mass is 277 g/mol. The van der Waals surface area contributed by atoms with E-state index in [0.717, 1.165) is 12.3 Å². The lowest BCUT2D eigenvalue weighted by atomic mass is 10.2.